The van der Waals surface area contributed by atoms with Crippen LogP contribution in [0.25, 0.3) is 0 Å². The van der Waals surface area contributed by atoms with Crippen molar-refractivity contribution in [3.63, 3.8) is 0 Å². The van der Waals surface area contributed by atoms with Crippen LogP contribution in [0.1, 0.15) is 40.5 Å². The first-order valence-electron chi connectivity index (χ1n) is 6.89. The minimum atomic E-state index is -0.0314. The number of nitrogens with one attached hydrogen (secondary N) is 2. The average molecular weight is 381 g/mol. The maximum absolute atomic E-state index is 5.64. The Hall–Kier alpha value is -0.0400. The molecule has 0 aliphatic heterocycles. The second-order valence-electron chi connectivity index (χ2n) is 6.59. The van der Waals surface area contributed by atoms with Crippen molar-refractivity contribution < 1.29 is 4.74 Å². The van der Waals surface area contributed by atoms with Crippen molar-refractivity contribution in [3.8, 4) is 0 Å². The van der Waals surface area contributed by atoms with Crippen LogP contribution in [0.15, 0.2) is 4.99 Å². The van der Waals surface area contributed by atoms with Gasteiger partial charge in [-0.25, -0.2) is 0 Å². The van der Waals surface area contributed by atoms with E-state index >= 15 is 0 Å². The highest BCUT2D eigenvalue weighted by atomic mass is 127. The average Bonchev–Trinajstić information content (AvgIpc) is 3.02. The summed E-state index contributed by atoms with van der Waals surface area (Å²) < 4.78 is 5.64. The fourth-order valence-electron chi connectivity index (χ4n) is 2.76. The molecule has 2 rings (SSSR count). The lowest BCUT2D eigenvalue weighted by Gasteiger charge is -2.59. The van der Waals surface area contributed by atoms with E-state index in [-0.39, 0.29) is 35.0 Å². The van der Waals surface area contributed by atoms with E-state index in [9.17, 15) is 0 Å². The molecule has 0 amide bonds. The molecule has 0 saturated heterocycles. The van der Waals surface area contributed by atoms with Crippen LogP contribution in [0.2, 0.25) is 0 Å². The molecule has 112 valence electrons. The molecule has 4 nitrogen and oxygen atoms in total. The largest absolute Gasteiger partial charge is 0.378 e. The molecule has 0 heterocycles. The number of hydrogen-bond donors (Lipinski definition) is 2. The highest BCUT2D eigenvalue weighted by molar-refractivity contribution is 14.0. The van der Waals surface area contributed by atoms with E-state index in [0.717, 1.165) is 18.3 Å². The SMILES string of the molecule is CN=C(NC1CC1C)NC1CC(C)(OC)C1(C)C.I. The number of hydrogen-bond acceptors (Lipinski definition) is 2. The van der Waals surface area contributed by atoms with Crippen molar-refractivity contribution in [1.82, 2.24) is 10.6 Å². The van der Waals surface area contributed by atoms with Gasteiger partial charge in [-0.1, -0.05) is 20.8 Å². The molecule has 2 fully saturated rings. The van der Waals surface area contributed by atoms with Gasteiger partial charge in [0.2, 0.25) is 0 Å². The van der Waals surface area contributed by atoms with E-state index in [1.165, 1.54) is 6.42 Å². The summed E-state index contributed by atoms with van der Waals surface area (Å²) in [5.74, 6) is 1.71. The number of nitrogens with zero attached hydrogens (tertiary/aromatic N) is 1. The van der Waals surface area contributed by atoms with Gasteiger partial charge in [-0.15, -0.1) is 24.0 Å². The molecule has 4 unspecified atom stereocenters. The Morgan fingerprint density at radius 3 is 2.21 bits per heavy atom. The van der Waals surface area contributed by atoms with E-state index < -0.39 is 0 Å². The van der Waals surface area contributed by atoms with Crippen LogP contribution in [0, 0.1) is 11.3 Å². The minimum Gasteiger partial charge on any atom is -0.378 e. The summed E-state index contributed by atoms with van der Waals surface area (Å²) in [5, 5.41) is 7.00. The predicted octanol–water partition coefficient (Wildman–Crippen LogP) is 2.38. The molecule has 0 aromatic heterocycles. The molecule has 0 aromatic rings. The monoisotopic (exact) mass is 381 g/mol. The summed E-state index contributed by atoms with van der Waals surface area (Å²) in [6, 6.07) is 1.02. The first-order valence-corrected chi connectivity index (χ1v) is 6.89. The Kier molecular flexibility index (Phi) is 5.15. The third-order valence-electron chi connectivity index (χ3n) is 5.24. The first kappa shape index (κ1) is 17.0. The molecule has 0 spiro atoms. The topological polar surface area (TPSA) is 45.7 Å². The second kappa shape index (κ2) is 5.76. The Balaban J connectivity index is 0.00000180. The zero-order valence-corrected chi connectivity index (χ0v) is 15.2. The molecule has 19 heavy (non-hydrogen) atoms. The molecule has 0 bridgehead atoms. The summed E-state index contributed by atoms with van der Waals surface area (Å²) in [6.45, 7) is 8.96. The van der Waals surface area contributed by atoms with Crippen molar-refractivity contribution in [2.24, 2.45) is 16.3 Å². The molecule has 4 atom stereocenters. The summed E-state index contributed by atoms with van der Waals surface area (Å²) in [6.07, 6.45) is 2.28. The summed E-state index contributed by atoms with van der Waals surface area (Å²) in [4.78, 5) is 4.32. The third kappa shape index (κ3) is 3.01. The maximum Gasteiger partial charge on any atom is 0.191 e. The summed E-state index contributed by atoms with van der Waals surface area (Å²) >= 11 is 0. The predicted molar refractivity (Wildman–Crippen MR) is 90.2 cm³/mol. The normalized spacial score (nSPS) is 39.9. The second-order valence-corrected chi connectivity index (χ2v) is 6.59. The van der Waals surface area contributed by atoms with Gasteiger partial charge >= 0.3 is 0 Å². The fraction of sp³-hybridized carbons (Fsp3) is 0.929. The summed E-state index contributed by atoms with van der Waals surface area (Å²) in [7, 11) is 3.64. The van der Waals surface area contributed by atoms with E-state index in [2.05, 4.69) is 43.3 Å². The van der Waals surface area contributed by atoms with Crippen molar-refractivity contribution in [2.45, 2.75) is 58.2 Å². The van der Waals surface area contributed by atoms with Gasteiger partial charge in [0.05, 0.1) is 5.60 Å². The third-order valence-corrected chi connectivity index (χ3v) is 5.24. The van der Waals surface area contributed by atoms with E-state index in [0.29, 0.717) is 12.1 Å². The summed E-state index contributed by atoms with van der Waals surface area (Å²) in [5.41, 5.74) is 0.0882. The molecule has 5 heteroatoms. The Labute approximate surface area is 134 Å². The number of aliphatic imine (C=N–C) groups is 1. The standard InChI is InChI=1S/C14H27N3O.HI/c1-9-7-10(9)16-12(15-5)17-11-8-14(4,18-6)13(11,2)3;/h9-11H,7-8H2,1-6H3,(H2,15,16,17);1H. The number of halogens is 1. The van der Waals surface area contributed by atoms with E-state index in [4.69, 9.17) is 4.74 Å². The van der Waals surface area contributed by atoms with Crippen molar-refractivity contribution in [1.29, 1.82) is 0 Å². The van der Waals surface area contributed by atoms with Crippen LogP contribution < -0.4 is 10.6 Å². The number of methoxy groups -OCH3 is 1. The molecule has 2 saturated carbocycles. The lowest BCUT2D eigenvalue weighted by molar-refractivity contribution is -0.176. The van der Waals surface area contributed by atoms with Crippen molar-refractivity contribution in [3.05, 3.63) is 0 Å². The van der Waals surface area contributed by atoms with Gasteiger partial charge in [-0.05, 0) is 25.7 Å². The lowest BCUT2D eigenvalue weighted by atomic mass is 9.56. The van der Waals surface area contributed by atoms with E-state index in [1.807, 2.05) is 7.05 Å². The molecular weight excluding hydrogens is 353 g/mol. The molecule has 2 aliphatic carbocycles. The molecular formula is C14H28IN3O. The maximum atomic E-state index is 5.64. The quantitative estimate of drug-likeness (QED) is 0.448. The van der Waals surface area contributed by atoms with Gasteiger partial charge in [-0.2, -0.15) is 0 Å². The van der Waals surface area contributed by atoms with Gasteiger partial charge in [0.1, 0.15) is 0 Å². The fourth-order valence-corrected chi connectivity index (χ4v) is 2.76. The smallest absolute Gasteiger partial charge is 0.191 e. The van der Waals surface area contributed by atoms with Crippen molar-refractivity contribution in [2.75, 3.05) is 14.2 Å². The number of guanidine groups is 1. The first-order chi connectivity index (χ1) is 8.34. The number of rotatable bonds is 3. The minimum absolute atomic E-state index is 0. The highest BCUT2D eigenvalue weighted by Gasteiger charge is 2.58. The van der Waals surface area contributed by atoms with Gasteiger partial charge in [0, 0.05) is 31.7 Å². The Morgan fingerprint density at radius 2 is 1.84 bits per heavy atom. The van der Waals surface area contributed by atoms with Gasteiger partial charge < -0.3 is 15.4 Å². The molecule has 0 radical (unpaired) electrons. The van der Waals surface area contributed by atoms with Crippen LogP contribution in [0.4, 0.5) is 0 Å². The van der Waals surface area contributed by atoms with Crippen molar-refractivity contribution >= 4 is 29.9 Å². The van der Waals surface area contributed by atoms with Crippen LogP contribution in [0.3, 0.4) is 0 Å². The molecule has 0 aromatic carbocycles. The van der Waals surface area contributed by atoms with E-state index in [1.54, 1.807) is 7.11 Å². The van der Waals surface area contributed by atoms with Crippen LogP contribution in [0.5, 0.6) is 0 Å². The van der Waals surface area contributed by atoms with Gasteiger partial charge in [0.15, 0.2) is 5.96 Å². The Morgan fingerprint density at radius 1 is 1.26 bits per heavy atom. The zero-order valence-electron chi connectivity index (χ0n) is 12.9. The highest BCUT2D eigenvalue weighted by Crippen LogP contribution is 2.51. The lowest BCUT2D eigenvalue weighted by Crippen LogP contribution is -2.69. The van der Waals surface area contributed by atoms with Gasteiger partial charge in [-0.3, -0.25) is 4.99 Å². The molecule has 2 aliphatic rings. The van der Waals surface area contributed by atoms with Crippen LogP contribution >= 0.6 is 24.0 Å². The van der Waals surface area contributed by atoms with Gasteiger partial charge in [0.25, 0.3) is 0 Å². The van der Waals surface area contributed by atoms with Crippen LogP contribution in [-0.4, -0.2) is 37.8 Å². The number of ether oxygens (including phenoxy) is 1. The zero-order chi connectivity index (χ0) is 13.6. The molecule has 2 N–H and O–H groups in total. The van der Waals surface area contributed by atoms with Crippen LogP contribution in [-0.2, 0) is 4.74 Å². The Bertz CT molecular complexity index is 359.